The highest BCUT2D eigenvalue weighted by Gasteiger charge is 2.24. The van der Waals surface area contributed by atoms with E-state index in [0.29, 0.717) is 12.6 Å². The molecule has 2 heterocycles. The zero-order chi connectivity index (χ0) is 12.4. The van der Waals surface area contributed by atoms with E-state index in [1.807, 2.05) is 6.92 Å². The minimum Gasteiger partial charge on any atom is -0.465 e. The van der Waals surface area contributed by atoms with Gasteiger partial charge in [-0.25, -0.2) is 0 Å². The van der Waals surface area contributed by atoms with E-state index in [1.165, 1.54) is 6.42 Å². The maximum Gasteiger partial charge on any atom is 0.118 e. The van der Waals surface area contributed by atoms with Crippen LogP contribution in [-0.4, -0.2) is 43.0 Å². The van der Waals surface area contributed by atoms with E-state index in [9.17, 15) is 0 Å². The van der Waals surface area contributed by atoms with Crippen LogP contribution >= 0.6 is 0 Å². The van der Waals surface area contributed by atoms with Crippen LogP contribution in [0.3, 0.4) is 0 Å². The van der Waals surface area contributed by atoms with Gasteiger partial charge < -0.3 is 15.1 Å². The molecule has 1 aromatic rings. The first-order chi connectivity index (χ1) is 8.10. The number of aryl methyl sites for hydroxylation is 1. The van der Waals surface area contributed by atoms with Crippen molar-refractivity contribution in [3.8, 4) is 0 Å². The summed E-state index contributed by atoms with van der Waals surface area (Å²) in [5.74, 6) is 2.01. The first-order valence-electron chi connectivity index (χ1n) is 6.27. The Bertz CT molecular complexity index is 373. The minimum atomic E-state index is 0.565. The molecule has 1 aromatic heterocycles. The standard InChI is InChI=1S/C13H23N3O/c1-10-11(7-14)6-13(17-10)9-16-5-4-12(8-16)15(2)3/h6,12H,4-5,7-9,14H2,1-3H3. The molecule has 0 bridgehead atoms. The Balaban J connectivity index is 1.93. The van der Waals surface area contributed by atoms with Gasteiger partial charge in [0.2, 0.25) is 0 Å². The molecule has 1 aliphatic heterocycles. The predicted octanol–water partition coefficient (Wildman–Crippen LogP) is 1.18. The Labute approximate surface area is 103 Å². The number of nitrogens with two attached hydrogens (primary N) is 1. The summed E-state index contributed by atoms with van der Waals surface area (Å²) in [5.41, 5.74) is 6.78. The lowest BCUT2D eigenvalue weighted by Crippen LogP contribution is -2.31. The summed E-state index contributed by atoms with van der Waals surface area (Å²) in [6.45, 7) is 5.74. The van der Waals surface area contributed by atoms with Crippen molar-refractivity contribution in [2.24, 2.45) is 5.73 Å². The van der Waals surface area contributed by atoms with E-state index in [0.717, 1.165) is 36.7 Å². The molecular formula is C13H23N3O. The van der Waals surface area contributed by atoms with Crippen LogP contribution in [0.4, 0.5) is 0 Å². The molecule has 2 rings (SSSR count). The van der Waals surface area contributed by atoms with Crippen molar-refractivity contribution in [1.29, 1.82) is 0 Å². The van der Waals surface area contributed by atoms with Gasteiger partial charge in [0.25, 0.3) is 0 Å². The second-order valence-corrected chi connectivity index (χ2v) is 5.14. The summed E-state index contributed by atoms with van der Waals surface area (Å²) in [6, 6.07) is 2.78. The van der Waals surface area contributed by atoms with E-state index in [1.54, 1.807) is 0 Å². The number of hydrogen-bond donors (Lipinski definition) is 1. The Morgan fingerprint density at radius 3 is 2.82 bits per heavy atom. The highest BCUT2D eigenvalue weighted by atomic mass is 16.3. The molecule has 1 unspecified atom stereocenters. The molecule has 1 saturated heterocycles. The molecule has 1 atom stereocenters. The first-order valence-corrected chi connectivity index (χ1v) is 6.27. The van der Waals surface area contributed by atoms with Crippen molar-refractivity contribution < 1.29 is 4.42 Å². The molecule has 4 heteroatoms. The van der Waals surface area contributed by atoms with Gasteiger partial charge in [-0.05, 0) is 33.5 Å². The molecular weight excluding hydrogens is 214 g/mol. The van der Waals surface area contributed by atoms with Crippen LogP contribution in [0.1, 0.15) is 23.5 Å². The molecule has 0 spiro atoms. The SMILES string of the molecule is Cc1oc(CN2CCC(N(C)C)C2)cc1CN. The van der Waals surface area contributed by atoms with Crippen molar-refractivity contribution in [2.75, 3.05) is 27.2 Å². The molecule has 0 saturated carbocycles. The normalized spacial score (nSPS) is 21.6. The van der Waals surface area contributed by atoms with E-state index < -0.39 is 0 Å². The second-order valence-electron chi connectivity index (χ2n) is 5.14. The van der Waals surface area contributed by atoms with Crippen LogP contribution in [0, 0.1) is 6.92 Å². The summed E-state index contributed by atoms with van der Waals surface area (Å²) in [4.78, 5) is 4.75. The molecule has 0 aliphatic carbocycles. The van der Waals surface area contributed by atoms with Gasteiger partial charge in [-0.2, -0.15) is 0 Å². The van der Waals surface area contributed by atoms with Crippen molar-refractivity contribution in [1.82, 2.24) is 9.80 Å². The fourth-order valence-corrected chi connectivity index (χ4v) is 2.47. The van der Waals surface area contributed by atoms with Crippen molar-refractivity contribution in [3.05, 3.63) is 23.2 Å². The number of likely N-dealkylation sites (tertiary alicyclic amines) is 1. The number of hydrogen-bond acceptors (Lipinski definition) is 4. The van der Waals surface area contributed by atoms with Crippen LogP contribution in [0.15, 0.2) is 10.5 Å². The lowest BCUT2D eigenvalue weighted by molar-refractivity contribution is 0.251. The fourth-order valence-electron chi connectivity index (χ4n) is 2.47. The van der Waals surface area contributed by atoms with Crippen molar-refractivity contribution >= 4 is 0 Å². The lowest BCUT2D eigenvalue weighted by Gasteiger charge is -2.19. The first kappa shape index (κ1) is 12.6. The number of rotatable bonds is 4. The van der Waals surface area contributed by atoms with Gasteiger partial charge >= 0.3 is 0 Å². The van der Waals surface area contributed by atoms with Gasteiger partial charge in [-0.3, -0.25) is 4.90 Å². The minimum absolute atomic E-state index is 0.565. The topological polar surface area (TPSA) is 45.6 Å². The van der Waals surface area contributed by atoms with E-state index in [2.05, 4.69) is 30.0 Å². The van der Waals surface area contributed by atoms with Crippen molar-refractivity contribution in [3.63, 3.8) is 0 Å². The summed E-state index contributed by atoms with van der Waals surface area (Å²) < 4.78 is 5.73. The summed E-state index contributed by atoms with van der Waals surface area (Å²) in [6.07, 6.45) is 1.25. The average Bonchev–Trinajstić information content (AvgIpc) is 2.86. The van der Waals surface area contributed by atoms with Crippen LogP contribution in [0.25, 0.3) is 0 Å². The lowest BCUT2D eigenvalue weighted by atomic mass is 10.2. The summed E-state index contributed by atoms with van der Waals surface area (Å²) >= 11 is 0. The molecule has 17 heavy (non-hydrogen) atoms. The summed E-state index contributed by atoms with van der Waals surface area (Å²) in [7, 11) is 4.30. The Kier molecular flexibility index (Phi) is 3.86. The second kappa shape index (κ2) is 5.21. The van der Waals surface area contributed by atoms with Gasteiger partial charge in [-0.15, -0.1) is 0 Å². The third-order valence-electron chi connectivity index (χ3n) is 3.65. The monoisotopic (exact) mass is 237 g/mol. The van der Waals surface area contributed by atoms with Gasteiger partial charge in [-0.1, -0.05) is 0 Å². The Morgan fingerprint density at radius 2 is 2.29 bits per heavy atom. The van der Waals surface area contributed by atoms with E-state index in [4.69, 9.17) is 10.2 Å². The molecule has 1 fully saturated rings. The third-order valence-corrected chi connectivity index (χ3v) is 3.65. The predicted molar refractivity (Wildman–Crippen MR) is 68.7 cm³/mol. The smallest absolute Gasteiger partial charge is 0.118 e. The van der Waals surface area contributed by atoms with Crippen LogP contribution < -0.4 is 5.73 Å². The van der Waals surface area contributed by atoms with Crippen LogP contribution in [0.2, 0.25) is 0 Å². The van der Waals surface area contributed by atoms with Gasteiger partial charge in [0, 0.05) is 31.2 Å². The highest BCUT2D eigenvalue weighted by Crippen LogP contribution is 2.19. The number of likely N-dealkylation sites (N-methyl/N-ethyl adjacent to an activating group) is 1. The largest absolute Gasteiger partial charge is 0.465 e. The molecule has 96 valence electrons. The van der Waals surface area contributed by atoms with Gasteiger partial charge in [0.05, 0.1) is 6.54 Å². The average molecular weight is 237 g/mol. The Hall–Kier alpha value is -0.840. The Morgan fingerprint density at radius 1 is 1.53 bits per heavy atom. The fraction of sp³-hybridized carbons (Fsp3) is 0.692. The van der Waals surface area contributed by atoms with Gasteiger partial charge in [0.1, 0.15) is 11.5 Å². The molecule has 0 aromatic carbocycles. The van der Waals surface area contributed by atoms with Crippen LogP contribution in [-0.2, 0) is 13.1 Å². The number of furan rings is 1. The highest BCUT2D eigenvalue weighted by molar-refractivity contribution is 5.20. The molecule has 1 aliphatic rings. The maximum atomic E-state index is 5.73. The van der Waals surface area contributed by atoms with E-state index in [-0.39, 0.29) is 0 Å². The van der Waals surface area contributed by atoms with E-state index >= 15 is 0 Å². The maximum absolute atomic E-state index is 5.73. The zero-order valence-corrected chi connectivity index (χ0v) is 11.1. The van der Waals surface area contributed by atoms with Crippen LogP contribution in [0.5, 0.6) is 0 Å². The molecule has 4 nitrogen and oxygen atoms in total. The molecule has 2 N–H and O–H groups in total. The zero-order valence-electron chi connectivity index (χ0n) is 11.1. The summed E-state index contributed by atoms with van der Waals surface area (Å²) in [5, 5.41) is 0. The third kappa shape index (κ3) is 2.89. The number of nitrogens with zero attached hydrogens (tertiary/aromatic N) is 2. The molecule has 0 amide bonds. The molecule has 0 radical (unpaired) electrons. The van der Waals surface area contributed by atoms with Crippen molar-refractivity contribution in [2.45, 2.75) is 32.5 Å². The van der Waals surface area contributed by atoms with Gasteiger partial charge in [0.15, 0.2) is 0 Å². The quantitative estimate of drug-likeness (QED) is 0.854.